The standard InChI is InChI=1S/C18H14ClF3N4OS/c19-10-3-5-11(6-4-10)23-17(27)13-9-16-24-12(14-2-1-7-28-14)8-15(18(20,21)22)26(16)25-13/h1-7,9,12,15,24H,8H2,(H,23,27)/t12-,15+/m0/s1. The third-order valence-electron chi connectivity index (χ3n) is 4.41. The number of anilines is 2. The Kier molecular flexibility index (Phi) is 4.80. The molecule has 0 saturated carbocycles. The monoisotopic (exact) mass is 426 g/mol. The van der Waals surface area contributed by atoms with Gasteiger partial charge in [0, 0.05) is 28.1 Å². The molecule has 10 heteroatoms. The molecule has 1 aliphatic heterocycles. The van der Waals surface area contributed by atoms with Crippen molar-refractivity contribution in [1.29, 1.82) is 0 Å². The average molecular weight is 427 g/mol. The lowest BCUT2D eigenvalue weighted by molar-refractivity contribution is -0.173. The number of halogens is 4. The molecule has 0 saturated heterocycles. The Morgan fingerprint density at radius 2 is 2.04 bits per heavy atom. The topological polar surface area (TPSA) is 59.0 Å². The lowest BCUT2D eigenvalue weighted by atomic mass is 10.0. The number of hydrogen-bond donors (Lipinski definition) is 2. The molecule has 1 aromatic carbocycles. The lowest BCUT2D eigenvalue weighted by Gasteiger charge is -2.32. The highest BCUT2D eigenvalue weighted by Gasteiger charge is 2.47. The normalized spacial score (nSPS) is 19.0. The van der Waals surface area contributed by atoms with Crippen LogP contribution < -0.4 is 10.6 Å². The Morgan fingerprint density at radius 3 is 2.68 bits per heavy atom. The quantitative estimate of drug-likeness (QED) is 0.580. The maximum Gasteiger partial charge on any atom is 0.410 e. The molecule has 146 valence electrons. The number of aromatic nitrogens is 2. The summed E-state index contributed by atoms with van der Waals surface area (Å²) in [6.45, 7) is 0. The van der Waals surface area contributed by atoms with Gasteiger partial charge in [-0.3, -0.25) is 4.79 Å². The van der Waals surface area contributed by atoms with Crippen molar-refractivity contribution in [3.05, 3.63) is 63.4 Å². The molecule has 3 aromatic rings. The van der Waals surface area contributed by atoms with Crippen LogP contribution in [-0.2, 0) is 0 Å². The van der Waals surface area contributed by atoms with E-state index in [0.717, 1.165) is 9.56 Å². The highest BCUT2D eigenvalue weighted by molar-refractivity contribution is 7.10. The first kappa shape index (κ1) is 18.8. The van der Waals surface area contributed by atoms with Crippen LogP contribution in [0, 0.1) is 0 Å². The SMILES string of the molecule is O=C(Nc1ccc(Cl)cc1)c1cc2n(n1)[C@@H](C(F)(F)F)C[C@@H](c1cccs1)N2. The summed E-state index contributed by atoms with van der Waals surface area (Å²) in [6, 6.07) is 9.00. The highest BCUT2D eigenvalue weighted by atomic mass is 35.5. The summed E-state index contributed by atoms with van der Waals surface area (Å²) >= 11 is 7.19. The zero-order valence-corrected chi connectivity index (χ0v) is 15.8. The minimum atomic E-state index is -4.48. The van der Waals surface area contributed by atoms with Crippen molar-refractivity contribution in [2.75, 3.05) is 10.6 Å². The Bertz CT molecular complexity index is 985. The van der Waals surface area contributed by atoms with Gasteiger partial charge in [0.2, 0.25) is 0 Å². The van der Waals surface area contributed by atoms with Crippen LogP contribution in [0.1, 0.15) is 33.9 Å². The van der Waals surface area contributed by atoms with Gasteiger partial charge in [0.15, 0.2) is 11.7 Å². The molecule has 3 heterocycles. The summed E-state index contributed by atoms with van der Waals surface area (Å²) in [4.78, 5) is 13.3. The fourth-order valence-corrected chi connectivity index (χ4v) is 4.01. The van der Waals surface area contributed by atoms with Crippen molar-refractivity contribution in [3.63, 3.8) is 0 Å². The van der Waals surface area contributed by atoms with Crippen LogP contribution in [0.3, 0.4) is 0 Å². The largest absolute Gasteiger partial charge is 0.410 e. The third-order valence-corrected chi connectivity index (χ3v) is 5.65. The smallest absolute Gasteiger partial charge is 0.363 e. The van der Waals surface area contributed by atoms with E-state index < -0.39 is 24.2 Å². The second-order valence-corrected chi connectivity index (χ2v) is 7.74. The molecule has 0 bridgehead atoms. The molecule has 28 heavy (non-hydrogen) atoms. The third kappa shape index (κ3) is 3.72. The van der Waals surface area contributed by atoms with Gasteiger partial charge in [-0.2, -0.15) is 18.3 Å². The van der Waals surface area contributed by atoms with Crippen LogP contribution in [0.5, 0.6) is 0 Å². The molecule has 0 unspecified atom stereocenters. The van der Waals surface area contributed by atoms with E-state index in [1.54, 1.807) is 36.4 Å². The number of nitrogens with zero attached hydrogens (tertiary/aromatic N) is 2. The molecule has 2 N–H and O–H groups in total. The number of benzene rings is 1. The van der Waals surface area contributed by atoms with Gasteiger partial charge in [-0.1, -0.05) is 17.7 Å². The minimum absolute atomic E-state index is 0.0986. The summed E-state index contributed by atoms with van der Waals surface area (Å²) < 4.78 is 41.7. The number of hydrogen-bond acceptors (Lipinski definition) is 4. The number of nitrogens with one attached hydrogen (secondary N) is 2. The van der Waals surface area contributed by atoms with E-state index in [4.69, 9.17) is 11.6 Å². The van der Waals surface area contributed by atoms with Crippen LogP contribution in [0.25, 0.3) is 0 Å². The predicted molar refractivity (Wildman–Crippen MR) is 102 cm³/mol. The van der Waals surface area contributed by atoms with Gasteiger partial charge in [0.1, 0.15) is 5.82 Å². The van der Waals surface area contributed by atoms with Crippen molar-refractivity contribution in [2.24, 2.45) is 0 Å². The second-order valence-electron chi connectivity index (χ2n) is 6.33. The molecule has 0 fully saturated rings. The van der Waals surface area contributed by atoms with Crippen molar-refractivity contribution in [1.82, 2.24) is 9.78 Å². The van der Waals surface area contributed by atoms with Gasteiger partial charge in [-0.15, -0.1) is 11.3 Å². The van der Waals surface area contributed by atoms with Crippen molar-refractivity contribution >= 4 is 40.4 Å². The molecule has 5 nitrogen and oxygen atoms in total. The first-order valence-electron chi connectivity index (χ1n) is 8.34. The Labute approximate surface area is 167 Å². The molecule has 0 aliphatic carbocycles. The number of rotatable bonds is 3. The summed E-state index contributed by atoms with van der Waals surface area (Å²) in [7, 11) is 0. The number of carbonyl (C=O) groups is 1. The number of thiophene rings is 1. The van der Waals surface area contributed by atoms with E-state index >= 15 is 0 Å². The zero-order chi connectivity index (χ0) is 19.9. The summed E-state index contributed by atoms with van der Waals surface area (Å²) in [5.41, 5.74) is 0.371. The molecule has 4 rings (SSSR count). The summed E-state index contributed by atoms with van der Waals surface area (Å²) in [5, 5.41) is 11.9. The van der Waals surface area contributed by atoms with E-state index in [-0.39, 0.29) is 17.9 Å². The highest BCUT2D eigenvalue weighted by Crippen LogP contribution is 2.44. The van der Waals surface area contributed by atoms with E-state index in [1.807, 2.05) is 5.38 Å². The van der Waals surface area contributed by atoms with Crippen molar-refractivity contribution < 1.29 is 18.0 Å². The van der Waals surface area contributed by atoms with Gasteiger partial charge >= 0.3 is 6.18 Å². The van der Waals surface area contributed by atoms with E-state index in [9.17, 15) is 18.0 Å². The van der Waals surface area contributed by atoms with Gasteiger partial charge in [0.05, 0.1) is 6.04 Å². The fourth-order valence-electron chi connectivity index (χ4n) is 3.09. The first-order valence-corrected chi connectivity index (χ1v) is 9.60. The van der Waals surface area contributed by atoms with Gasteiger partial charge < -0.3 is 10.6 Å². The Morgan fingerprint density at radius 1 is 1.29 bits per heavy atom. The van der Waals surface area contributed by atoms with Gasteiger partial charge in [-0.25, -0.2) is 4.68 Å². The van der Waals surface area contributed by atoms with Gasteiger partial charge in [0.25, 0.3) is 5.91 Å². The van der Waals surface area contributed by atoms with Crippen LogP contribution in [0.15, 0.2) is 47.8 Å². The lowest BCUT2D eigenvalue weighted by Crippen LogP contribution is -2.35. The molecule has 0 spiro atoms. The van der Waals surface area contributed by atoms with Crippen LogP contribution in [-0.4, -0.2) is 21.9 Å². The first-order chi connectivity index (χ1) is 13.3. The average Bonchev–Trinajstić information content (AvgIpc) is 3.31. The molecular weight excluding hydrogens is 413 g/mol. The molecule has 1 amide bonds. The van der Waals surface area contributed by atoms with E-state index in [0.29, 0.717) is 10.7 Å². The molecule has 2 aromatic heterocycles. The van der Waals surface area contributed by atoms with E-state index in [1.165, 1.54) is 17.4 Å². The summed E-state index contributed by atoms with van der Waals surface area (Å²) in [5.74, 6) is -0.437. The Hall–Kier alpha value is -2.52. The molecule has 0 radical (unpaired) electrons. The van der Waals surface area contributed by atoms with Crippen LogP contribution >= 0.6 is 22.9 Å². The maximum absolute atomic E-state index is 13.6. The van der Waals surface area contributed by atoms with E-state index in [2.05, 4.69) is 15.7 Å². The fraction of sp³-hybridized carbons (Fsp3) is 0.222. The van der Waals surface area contributed by atoms with Gasteiger partial charge in [-0.05, 0) is 35.7 Å². The molecule has 2 atom stereocenters. The molecule has 1 aliphatic rings. The predicted octanol–water partition coefficient (Wildman–Crippen LogP) is 5.51. The second kappa shape index (κ2) is 7.14. The zero-order valence-electron chi connectivity index (χ0n) is 14.2. The van der Waals surface area contributed by atoms with Crippen LogP contribution in [0.2, 0.25) is 5.02 Å². The number of fused-ring (bicyclic) bond motifs is 1. The van der Waals surface area contributed by atoms with Crippen molar-refractivity contribution in [3.8, 4) is 0 Å². The van der Waals surface area contributed by atoms with Crippen molar-refractivity contribution in [2.45, 2.75) is 24.7 Å². The minimum Gasteiger partial charge on any atom is -0.363 e. The van der Waals surface area contributed by atoms with Crippen LogP contribution in [0.4, 0.5) is 24.7 Å². The maximum atomic E-state index is 13.6. The number of carbonyl (C=O) groups excluding carboxylic acids is 1. The summed E-state index contributed by atoms with van der Waals surface area (Å²) in [6.07, 6.45) is -4.68. The number of amides is 1. The molecular formula is C18H14ClF3N4OS. The Balaban J connectivity index is 1.63. The number of alkyl halides is 3.